The summed E-state index contributed by atoms with van der Waals surface area (Å²) >= 11 is 7.41. The van der Waals surface area contributed by atoms with Gasteiger partial charge in [0.1, 0.15) is 5.52 Å². The van der Waals surface area contributed by atoms with E-state index in [9.17, 15) is 4.79 Å². The Bertz CT molecular complexity index is 857. The minimum atomic E-state index is -0.0280. The summed E-state index contributed by atoms with van der Waals surface area (Å²) in [6.07, 6.45) is 4.74. The molecule has 1 aliphatic rings. The van der Waals surface area contributed by atoms with Crippen molar-refractivity contribution in [1.82, 2.24) is 24.9 Å². The van der Waals surface area contributed by atoms with Crippen molar-refractivity contribution in [1.29, 1.82) is 0 Å². The number of amides is 1. The molecular weight excluding hydrogens is 350 g/mol. The second kappa shape index (κ2) is 6.33. The van der Waals surface area contributed by atoms with Gasteiger partial charge in [-0.1, -0.05) is 0 Å². The number of rotatable bonds is 3. The first-order valence-corrected chi connectivity index (χ1v) is 8.78. The number of carbonyl (C=O) groups excluding carboxylic acids is 1. The molecule has 0 unspecified atom stereocenters. The maximum atomic E-state index is 12.3. The number of aromatic amines is 1. The van der Waals surface area contributed by atoms with Crippen molar-refractivity contribution in [2.75, 3.05) is 23.3 Å². The summed E-state index contributed by atoms with van der Waals surface area (Å²) in [5.74, 6) is 0.734. The second-order valence-corrected chi connectivity index (χ2v) is 6.74. The average molecular weight is 364 g/mol. The second-order valence-electron chi connectivity index (χ2n) is 5.51. The summed E-state index contributed by atoms with van der Waals surface area (Å²) in [4.78, 5) is 34.1. The van der Waals surface area contributed by atoms with Gasteiger partial charge in [0.2, 0.25) is 11.2 Å². The molecule has 1 amide bonds. The van der Waals surface area contributed by atoms with Gasteiger partial charge in [0.25, 0.3) is 0 Å². The van der Waals surface area contributed by atoms with E-state index in [4.69, 9.17) is 11.6 Å². The monoisotopic (exact) mass is 363 g/mol. The van der Waals surface area contributed by atoms with Crippen LogP contribution in [0, 0.1) is 5.92 Å². The predicted molar refractivity (Wildman–Crippen MR) is 92.4 cm³/mol. The first-order chi connectivity index (χ1) is 11.7. The molecular formula is C14H14ClN7OS. The van der Waals surface area contributed by atoms with Gasteiger partial charge in [0.15, 0.2) is 16.6 Å². The lowest BCUT2D eigenvalue weighted by Gasteiger charge is -2.32. The number of carbonyl (C=O) groups is 1. The number of imidazole rings is 1. The minimum absolute atomic E-state index is 0.0250. The van der Waals surface area contributed by atoms with E-state index in [1.165, 1.54) is 11.3 Å². The molecule has 0 bridgehead atoms. The Kier molecular flexibility index (Phi) is 4.03. The van der Waals surface area contributed by atoms with Crippen LogP contribution in [0.25, 0.3) is 11.2 Å². The van der Waals surface area contributed by atoms with Crippen molar-refractivity contribution in [3.05, 3.63) is 23.2 Å². The SMILES string of the molecule is O=C(Nc1nccs1)C1CCN(c2nc(Cl)nc3nc[nH]c23)CC1. The zero-order valence-electron chi connectivity index (χ0n) is 12.6. The van der Waals surface area contributed by atoms with Gasteiger partial charge >= 0.3 is 0 Å². The van der Waals surface area contributed by atoms with E-state index in [0.29, 0.717) is 10.8 Å². The molecule has 1 saturated heterocycles. The van der Waals surface area contributed by atoms with Gasteiger partial charge < -0.3 is 15.2 Å². The highest BCUT2D eigenvalue weighted by Crippen LogP contribution is 2.28. The number of anilines is 2. The smallest absolute Gasteiger partial charge is 0.229 e. The number of hydrogen-bond donors (Lipinski definition) is 2. The number of nitrogens with one attached hydrogen (secondary N) is 2. The van der Waals surface area contributed by atoms with Crippen LogP contribution in [0.3, 0.4) is 0 Å². The highest BCUT2D eigenvalue weighted by molar-refractivity contribution is 7.13. The summed E-state index contributed by atoms with van der Waals surface area (Å²) < 4.78 is 0. The molecule has 3 aromatic heterocycles. The van der Waals surface area contributed by atoms with Gasteiger partial charge in [-0.05, 0) is 24.4 Å². The Morgan fingerprint density at radius 3 is 2.92 bits per heavy atom. The van der Waals surface area contributed by atoms with Gasteiger partial charge in [-0.3, -0.25) is 4.79 Å². The van der Waals surface area contributed by atoms with Gasteiger partial charge in [0, 0.05) is 30.6 Å². The molecule has 4 heterocycles. The van der Waals surface area contributed by atoms with Crippen LogP contribution in [0.2, 0.25) is 5.28 Å². The lowest BCUT2D eigenvalue weighted by atomic mass is 9.96. The average Bonchev–Trinajstić information content (AvgIpc) is 3.25. The minimum Gasteiger partial charge on any atom is -0.355 e. The van der Waals surface area contributed by atoms with E-state index in [1.54, 1.807) is 12.5 Å². The maximum absolute atomic E-state index is 12.3. The predicted octanol–water partition coefficient (Wildman–Crippen LogP) is 2.32. The topological polar surface area (TPSA) is 99.7 Å². The van der Waals surface area contributed by atoms with Crippen molar-refractivity contribution >= 4 is 51.0 Å². The maximum Gasteiger partial charge on any atom is 0.229 e. The number of hydrogen-bond acceptors (Lipinski definition) is 7. The number of halogens is 1. The van der Waals surface area contributed by atoms with Gasteiger partial charge in [-0.2, -0.15) is 9.97 Å². The number of piperidine rings is 1. The van der Waals surface area contributed by atoms with Crippen LogP contribution < -0.4 is 10.2 Å². The van der Waals surface area contributed by atoms with Crippen LogP contribution in [0.1, 0.15) is 12.8 Å². The molecule has 8 nitrogen and oxygen atoms in total. The van der Waals surface area contributed by atoms with Gasteiger partial charge in [-0.15, -0.1) is 11.3 Å². The molecule has 1 fully saturated rings. The molecule has 24 heavy (non-hydrogen) atoms. The Hall–Kier alpha value is -2.26. The summed E-state index contributed by atoms with van der Waals surface area (Å²) in [6, 6.07) is 0. The van der Waals surface area contributed by atoms with Gasteiger partial charge in [-0.25, -0.2) is 9.97 Å². The van der Waals surface area contributed by atoms with Gasteiger partial charge in [0.05, 0.1) is 6.33 Å². The standard InChI is InChI=1S/C14H14ClN7OS/c15-13-19-10-9(17-7-18-10)11(20-13)22-4-1-8(2-5-22)12(23)21-14-16-3-6-24-14/h3,6-8H,1-2,4-5H2,(H,16,21,23)(H,17,18,19,20). The molecule has 0 spiro atoms. The zero-order chi connectivity index (χ0) is 16.5. The third kappa shape index (κ3) is 2.92. The van der Waals surface area contributed by atoms with Crippen LogP contribution in [-0.2, 0) is 4.79 Å². The molecule has 4 rings (SSSR count). The lowest BCUT2D eigenvalue weighted by molar-refractivity contribution is -0.120. The van der Waals surface area contributed by atoms with Crippen molar-refractivity contribution in [2.45, 2.75) is 12.8 Å². The van der Waals surface area contributed by atoms with E-state index < -0.39 is 0 Å². The van der Waals surface area contributed by atoms with Crippen LogP contribution in [0.5, 0.6) is 0 Å². The van der Waals surface area contributed by atoms with Crippen LogP contribution >= 0.6 is 22.9 Å². The Balaban J connectivity index is 1.45. The quantitative estimate of drug-likeness (QED) is 0.693. The van der Waals surface area contributed by atoms with Crippen LogP contribution in [0.4, 0.5) is 10.9 Å². The Morgan fingerprint density at radius 2 is 2.17 bits per heavy atom. The summed E-state index contributed by atoms with van der Waals surface area (Å²) in [5.41, 5.74) is 1.32. The number of aromatic nitrogens is 5. The van der Waals surface area contributed by atoms with Crippen molar-refractivity contribution in [2.24, 2.45) is 5.92 Å². The molecule has 0 aromatic carbocycles. The highest BCUT2D eigenvalue weighted by Gasteiger charge is 2.27. The molecule has 0 radical (unpaired) electrons. The third-order valence-corrected chi connectivity index (χ3v) is 4.92. The van der Waals surface area contributed by atoms with E-state index in [2.05, 4.69) is 35.1 Å². The molecule has 10 heteroatoms. The first kappa shape index (κ1) is 15.3. The van der Waals surface area contributed by atoms with Crippen LogP contribution in [0.15, 0.2) is 17.9 Å². The zero-order valence-corrected chi connectivity index (χ0v) is 14.1. The van der Waals surface area contributed by atoms with Crippen molar-refractivity contribution in [3.8, 4) is 0 Å². The Morgan fingerprint density at radius 1 is 1.33 bits per heavy atom. The summed E-state index contributed by atoms with van der Waals surface area (Å²) in [6.45, 7) is 1.44. The fraction of sp³-hybridized carbons (Fsp3) is 0.357. The molecule has 0 aliphatic carbocycles. The van der Waals surface area contributed by atoms with E-state index in [1.807, 2.05) is 5.38 Å². The normalized spacial score (nSPS) is 15.8. The molecule has 0 saturated carbocycles. The lowest BCUT2D eigenvalue weighted by Crippen LogP contribution is -2.38. The van der Waals surface area contributed by atoms with Crippen molar-refractivity contribution < 1.29 is 4.79 Å². The number of nitrogens with zero attached hydrogens (tertiary/aromatic N) is 5. The highest BCUT2D eigenvalue weighted by atomic mass is 35.5. The van der Waals surface area contributed by atoms with E-state index in [0.717, 1.165) is 37.3 Å². The van der Waals surface area contributed by atoms with Crippen LogP contribution in [-0.4, -0.2) is 43.9 Å². The fourth-order valence-electron chi connectivity index (χ4n) is 2.87. The first-order valence-electron chi connectivity index (χ1n) is 7.52. The molecule has 1 aliphatic heterocycles. The largest absolute Gasteiger partial charge is 0.355 e. The van der Waals surface area contributed by atoms with E-state index in [-0.39, 0.29) is 17.1 Å². The third-order valence-electron chi connectivity index (χ3n) is 4.07. The number of fused-ring (bicyclic) bond motifs is 1. The summed E-state index contributed by atoms with van der Waals surface area (Å²) in [7, 11) is 0. The molecule has 3 aromatic rings. The Labute approximate surface area is 146 Å². The molecule has 2 N–H and O–H groups in total. The number of thiazole rings is 1. The summed E-state index contributed by atoms with van der Waals surface area (Å²) in [5, 5.41) is 5.52. The molecule has 0 atom stereocenters. The molecule has 124 valence electrons. The number of H-pyrrole nitrogens is 1. The van der Waals surface area contributed by atoms with E-state index >= 15 is 0 Å². The van der Waals surface area contributed by atoms with Crippen molar-refractivity contribution in [3.63, 3.8) is 0 Å². The fourth-order valence-corrected chi connectivity index (χ4v) is 3.56.